The maximum absolute atomic E-state index is 11.0. The third-order valence-corrected chi connectivity index (χ3v) is 3.70. The van der Waals surface area contributed by atoms with Crippen molar-refractivity contribution in [3.05, 3.63) is 30.7 Å². The van der Waals surface area contributed by atoms with Crippen LogP contribution in [0.1, 0.15) is 12.8 Å². The number of hydrogen-bond acceptors (Lipinski definition) is 4. The van der Waals surface area contributed by atoms with Crippen LogP contribution < -0.4 is 4.90 Å². The molecule has 1 saturated heterocycles. The molecule has 1 aliphatic heterocycles. The normalized spacial score (nSPS) is 16.7. The molecule has 1 N–H and O–H groups in total. The Kier molecular flexibility index (Phi) is 3.03. The molecule has 0 aromatic carbocycles. The van der Waals surface area contributed by atoms with Gasteiger partial charge in [0.05, 0.1) is 11.4 Å². The van der Waals surface area contributed by atoms with Crippen LogP contribution in [0.2, 0.25) is 0 Å². The molecule has 2 aromatic rings. The highest BCUT2D eigenvalue weighted by atomic mass is 16.4. The SMILES string of the molecule is O=C(O)C1CCN(c2ccnc3ccncc23)CC1. The number of aliphatic carboxylic acids is 1. The van der Waals surface area contributed by atoms with Gasteiger partial charge in [0.25, 0.3) is 0 Å². The minimum Gasteiger partial charge on any atom is -0.481 e. The largest absolute Gasteiger partial charge is 0.481 e. The zero-order valence-corrected chi connectivity index (χ0v) is 10.5. The first kappa shape index (κ1) is 11.9. The average molecular weight is 257 g/mol. The van der Waals surface area contributed by atoms with Gasteiger partial charge in [0.15, 0.2) is 0 Å². The molecule has 5 heteroatoms. The van der Waals surface area contributed by atoms with E-state index in [1.807, 2.05) is 18.3 Å². The third kappa shape index (κ3) is 2.23. The van der Waals surface area contributed by atoms with Crippen LogP contribution in [-0.4, -0.2) is 34.1 Å². The van der Waals surface area contributed by atoms with Crippen LogP contribution in [-0.2, 0) is 4.79 Å². The molecule has 3 heterocycles. The molecule has 98 valence electrons. The summed E-state index contributed by atoms with van der Waals surface area (Å²) < 4.78 is 0. The lowest BCUT2D eigenvalue weighted by Gasteiger charge is -2.32. The summed E-state index contributed by atoms with van der Waals surface area (Å²) in [4.78, 5) is 21.7. The van der Waals surface area contributed by atoms with Gasteiger partial charge in [-0.2, -0.15) is 0 Å². The molecular weight excluding hydrogens is 242 g/mol. The molecule has 2 aromatic heterocycles. The van der Waals surface area contributed by atoms with Crippen LogP contribution in [0.5, 0.6) is 0 Å². The van der Waals surface area contributed by atoms with Gasteiger partial charge in [0, 0.05) is 42.8 Å². The number of anilines is 1. The number of pyridine rings is 2. The van der Waals surface area contributed by atoms with E-state index in [2.05, 4.69) is 14.9 Å². The van der Waals surface area contributed by atoms with E-state index in [0.29, 0.717) is 12.8 Å². The summed E-state index contributed by atoms with van der Waals surface area (Å²) >= 11 is 0. The fraction of sp³-hybridized carbons (Fsp3) is 0.357. The standard InChI is InChI=1S/C14H15N3O2/c18-14(19)10-3-7-17(8-4-10)13-2-6-16-12-1-5-15-9-11(12)13/h1-2,5-6,9-10H,3-4,7-8H2,(H,18,19). The second kappa shape index (κ2) is 4.84. The third-order valence-electron chi connectivity index (χ3n) is 3.70. The Bertz CT molecular complexity index is 601. The van der Waals surface area contributed by atoms with Gasteiger partial charge in [-0.3, -0.25) is 14.8 Å². The van der Waals surface area contributed by atoms with Crippen molar-refractivity contribution >= 4 is 22.6 Å². The highest BCUT2D eigenvalue weighted by Crippen LogP contribution is 2.28. The lowest BCUT2D eigenvalue weighted by molar-refractivity contribution is -0.142. The van der Waals surface area contributed by atoms with Gasteiger partial charge in [0.1, 0.15) is 0 Å². The van der Waals surface area contributed by atoms with E-state index in [1.165, 1.54) is 0 Å². The van der Waals surface area contributed by atoms with E-state index in [4.69, 9.17) is 5.11 Å². The summed E-state index contributed by atoms with van der Waals surface area (Å²) in [7, 11) is 0. The highest BCUT2D eigenvalue weighted by molar-refractivity contribution is 5.90. The maximum Gasteiger partial charge on any atom is 0.306 e. The van der Waals surface area contributed by atoms with Crippen molar-refractivity contribution in [2.24, 2.45) is 5.92 Å². The number of carbonyl (C=O) groups is 1. The van der Waals surface area contributed by atoms with E-state index in [0.717, 1.165) is 29.7 Å². The predicted octanol–water partition coefficient (Wildman–Crippen LogP) is 1.93. The minimum atomic E-state index is -0.680. The summed E-state index contributed by atoms with van der Waals surface area (Å²) in [5.74, 6) is -0.886. The first-order chi connectivity index (χ1) is 9.25. The number of piperidine rings is 1. The topological polar surface area (TPSA) is 66.3 Å². The summed E-state index contributed by atoms with van der Waals surface area (Å²) in [5.41, 5.74) is 2.02. The van der Waals surface area contributed by atoms with Crippen molar-refractivity contribution in [3.63, 3.8) is 0 Å². The fourth-order valence-electron chi connectivity index (χ4n) is 2.62. The fourth-order valence-corrected chi connectivity index (χ4v) is 2.62. The quantitative estimate of drug-likeness (QED) is 0.890. The number of hydrogen-bond donors (Lipinski definition) is 1. The first-order valence-electron chi connectivity index (χ1n) is 6.42. The Hall–Kier alpha value is -2.17. The van der Waals surface area contributed by atoms with E-state index in [-0.39, 0.29) is 5.92 Å². The average Bonchev–Trinajstić information content (AvgIpc) is 2.47. The van der Waals surface area contributed by atoms with Gasteiger partial charge in [-0.1, -0.05) is 0 Å². The second-order valence-electron chi connectivity index (χ2n) is 4.82. The maximum atomic E-state index is 11.0. The molecule has 19 heavy (non-hydrogen) atoms. The summed E-state index contributed by atoms with van der Waals surface area (Å²) in [6, 6.07) is 3.87. The summed E-state index contributed by atoms with van der Waals surface area (Å²) in [5, 5.41) is 10.1. The van der Waals surface area contributed by atoms with Crippen molar-refractivity contribution in [1.29, 1.82) is 0 Å². The Morgan fingerprint density at radius 3 is 2.79 bits per heavy atom. The van der Waals surface area contributed by atoms with Crippen LogP contribution in [0.25, 0.3) is 10.9 Å². The van der Waals surface area contributed by atoms with E-state index >= 15 is 0 Å². The van der Waals surface area contributed by atoms with Crippen LogP contribution in [0.4, 0.5) is 5.69 Å². The lowest BCUT2D eigenvalue weighted by Crippen LogP contribution is -2.36. The van der Waals surface area contributed by atoms with Gasteiger partial charge >= 0.3 is 5.97 Å². The van der Waals surface area contributed by atoms with E-state index in [9.17, 15) is 4.79 Å². The van der Waals surface area contributed by atoms with E-state index < -0.39 is 5.97 Å². The molecule has 0 radical (unpaired) electrons. The smallest absolute Gasteiger partial charge is 0.306 e. The van der Waals surface area contributed by atoms with Crippen molar-refractivity contribution in [2.45, 2.75) is 12.8 Å². The van der Waals surface area contributed by atoms with Gasteiger partial charge < -0.3 is 10.0 Å². The molecule has 0 unspecified atom stereocenters. The minimum absolute atomic E-state index is 0.206. The Morgan fingerprint density at radius 2 is 2.05 bits per heavy atom. The van der Waals surface area contributed by atoms with Crippen LogP contribution in [0, 0.1) is 5.92 Å². The number of fused-ring (bicyclic) bond motifs is 1. The number of aromatic nitrogens is 2. The molecule has 5 nitrogen and oxygen atoms in total. The molecule has 0 bridgehead atoms. The Balaban J connectivity index is 1.88. The number of rotatable bonds is 2. The molecule has 0 spiro atoms. The number of nitrogens with zero attached hydrogens (tertiary/aromatic N) is 3. The van der Waals surface area contributed by atoms with Crippen molar-refractivity contribution in [2.75, 3.05) is 18.0 Å². The first-order valence-corrected chi connectivity index (χ1v) is 6.42. The van der Waals surface area contributed by atoms with Crippen LogP contribution in [0.15, 0.2) is 30.7 Å². The number of carboxylic acid groups (broad SMARTS) is 1. The molecule has 0 aliphatic carbocycles. The van der Waals surface area contributed by atoms with Gasteiger partial charge in [0.2, 0.25) is 0 Å². The molecule has 3 rings (SSSR count). The monoisotopic (exact) mass is 257 g/mol. The van der Waals surface area contributed by atoms with Gasteiger partial charge in [-0.15, -0.1) is 0 Å². The molecule has 0 atom stereocenters. The van der Waals surface area contributed by atoms with Crippen LogP contribution in [0.3, 0.4) is 0 Å². The second-order valence-corrected chi connectivity index (χ2v) is 4.82. The lowest BCUT2D eigenvalue weighted by atomic mass is 9.96. The van der Waals surface area contributed by atoms with Crippen LogP contribution >= 0.6 is 0 Å². The Labute approximate surface area is 110 Å². The van der Waals surface area contributed by atoms with E-state index in [1.54, 1.807) is 12.4 Å². The van der Waals surface area contributed by atoms with Crippen molar-refractivity contribution in [3.8, 4) is 0 Å². The Morgan fingerprint density at radius 1 is 1.26 bits per heavy atom. The summed E-state index contributed by atoms with van der Waals surface area (Å²) in [6.45, 7) is 1.54. The molecule has 1 aliphatic rings. The van der Waals surface area contributed by atoms with Gasteiger partial charge in [-0.05, 0) is 25.0 Å². The molecule has 0 saturated carbocycles. The van der Waals surface area contributed by atoms with Gasteiger partial charge in [-0.25, -0.2) is 0 Å². The zero-order valence-electron chi connectivity index (χ0n) is 10.5. The molecule has 0 amide bonds. The molecular formula is C14H15N3O2. The zero-order chi connectivity index (χ0) is 13.2. The van der Waals surface area contributed by atoms with Crippen molar-refractivity contribution < 1.29 is 9.90 Å². The predicted molar refractivity (Wildman–Crippen MR) is 72.1 cm³/mol. The highest BCUT2D eigenvalue weighted by Gasteiger charge is 2.25. The summed E-state index contributed by atoms with van der Waals surface area (Å²) in [6.07, 6.45) is 6.73. The molecule has 1 fully saturated rings. The van der Waals surface area contributed by atoms with Crippen molar-refractivity contribution in [1.82, 2.24) is 9.97 Å². The number of carboxylic acids is 1.